The molecule has 1 rings (SSSR count). The van der Waals surface area contributed by atoms with Crippen molar-refractivity contribution in [2.75, 3.05) is 6.26 Å². The molecule has 0 fully saturated rings. The van der Waals surface area contributed by atoms with Crippen LogP contribution in [0.25, 0.3) is 0 Å². The van der Waals surface area contributed by atoms with Gasteiger partial charge in [-0.05, 0) is 13.2 Å². The number of nitrogens with zero attached hydrogens (tertiary/aromatic N) is 1. The minimum absolute atomic E-state index is 0.907. The number of aryl methyl sites for hydroxylation is 1. The summed E-state index contributed by atoms with van der Waals surface area (Å²) in [7, 11) is 0. The Bertz CT molecular complexity index is 173. The van der Waals surface area contributed by atoms with E-state index in [2.05, 4.69) is 5.16 Å². The van der Waals surface area contributed by atoms with Crippen LogP contribution < -0.4 is 0 Å². The lowest BCUT2D eigenvalue weighted by Crippen LogP contribution is -1.63. The van der Waals surface area contributed by atoms with Crippen molar-refractivity contribution in [3.63, 3.8) is 0 Å². The quantitative estimate of drug-likeness (QED) is 0.540. The molecule has 1 heterocycles. The number of aromatic nitrogens is 1. The van der Waals surface area contributed by atoms with Gasteiger partial charge < -0.3 is 4.52 Å². The fraction of sp³-hybridized carbons (Fsp3) is 0.400. The highest BCUT2D eigenvalue weighted by Gasteiger charge is 1.97. The fourth-order valence-electron chi connectivity index (χ4n) is 0.476. The van der Waals surface area contributed by atoms with Crippen LogP contribution in [-0.4, -0.2) is 11.4 Å². The summed E-state index contributed by atoms with van der Waals surface area (Å²) < 4.78 is 4.83. The molecule has 0 N–H and O–H groups in total. The lowest BCUT2D eigenvalue weighted by Gasteiger charge is -1.83. The first-order valence-corrected chi connectivity index (χ1v) is 3.52. The number of rotatable bonds is 1. The third-order valence-electron chi connectivity index (χ3n) is 0.889. The van der Waals surface area contributed by atoms with E-state index < -0.39 is 0 Å². The molecule has 3 heteroatoms. The Morgan fingerprint density at radius 1 is 1.75 bits per heavy atom. The van der Waals surface area contributed by atoms with Crippen molar-refractivity contribution < 1.29 is 4.52 Å². The van der Waals surface area contributed by atoms with Gasteiger partial charge in [0.05, 0.1) is 6.20 Å². The molecule has 1 aromatic rings. The molecule has 0 saturated carbocycles. The molecule has 44 valence electrons. The molecule has 0 aliphatic heterocycles. The van der Waals surface area contributed by atoms with Crippen LogP contribution in [-0.2, 0) is 0 Å². The summed E-state index contributed by atoms with van der Waals surface area (Å²) in [6.07, 6.45) is 3.68. The normalized spacial score (nSPS) is 9.75. The molecular weight excluding hydrogens is 122 g/mol. The van der Waals surface area contributed by atoms with Gasteiger partial charge in [0.1, 0.15) is 0 Å². The molecule has 0 unspecified atom stereocenters. The summed E-state index contributed by atoms with van der Waals surface area (Å²) in [5, 5.41) is 4.50. The van der Waals surface area contributed by atoms with Crippen LogP contribution in [0, 0.1) is 6.92 Å². The Morgan fingerprint density at radius 3 is 2.75 bits per heavy atom. The number of hydrogen-bond acceptors (Lipinski definition) is 3. The van der Waals surface area contributed by atoms with Crippen molar-refractivity contribution >= 4 is 11.8 Å². The second-order valence-corrected chi connectivity index (χ2v) is 2.28. The highest BCUT2D eigenvalue weighted by Crippen LogP contribution is 2.17. The lowest BCUT2D eigenvalue weighted by atomic mass is 10.4. The van der Waals surface area contributed by atoms with Gasteiger partial charge in [0, 0.05) is 5.56 Å². The van der Waals surface area contributed by atoms with Crippen LogP contribution in [0.4, 0.5) is 0 Å². The monoisotopic (exact) mass is 129 g/mol. The van der Waals surface area contributed by atoms with E-state index in [0.29, 0.717) is 0 Å². The van der Waals surface area contributed by atoms with E-state index in [9.17, 15) is 0 Å². The van der Waals surface area contributed by atoms with Crippen LogP contribution in [0.1, 0.15) is 5.56 Å². The summed E-state index contributed by atoms with van der Waals surface area (Å²) >= 11 is 1.57. The van der Waals surface area contributed by atoms with Crippen molar-refractivity contribution in [1.29, 1.82) is 0 Å². The Kier molecular flexibility index (Phi) is 1.58. The summed E-state index contributed by atoms with van der Waals surface area (Å²) in [5.41, 5.74) is 1.11. The van der Waals surface area contributed by atoms with Gasteiger partial charge in [-0.2, -0.15) is 0 Å². The van der Waals surface area contributed by atoms with Gasteiger partial charge in [0.25, 0.3) is 0 Å². The van der Waals surface area contributed by atoms with E-state index in [1.807, 2.05) is 13.2 Å². The zero-order valence-corrected chi connectivity index (χ0v) is 5.66. The fourth-order valence-corrected chi connectivity index (χ4v) is 0.968. The smallest absolute Gasteiger partial charge is 0.195 e. The highest BCUT2D eigenvalue weighted by molar-refractivity contribution is 7.98. The Hall–Kier alpha value is -0.440. The van der Waals surface area contributed by atoms with Gasteiger partial charge in [-0.1, -0.05) is 16.9 Å². The third-order valence-corrected chi connectivity index (χ3v) is 1.66. The van der Waals surface area contributed by atoms with Gasteiger partial charge in [-0.3, -0.25) is 0 Å². The summed E-state index contributed by atoms with van der Waals surface area (Å²) in [4.78, 5) is 0. The molecule has 0 radical (unpaired) electrons. The maximum Gasteiger partial charge on any atom is 0.195 e. The minimum Gasteiger partial charge on any atom is -0.350 e. The largest absolute Gasteiger partial charge is 0.350 e. The van der Waals surface area contributed by atoms with Crippen molar-refractivity contribution in [3.05, 3.63) is 11.8 Å². The lowest BCUT2D eigenvalue weighted by molar-refractivity contribution is 0.348. The average Bonchev–Trinajstić information content (AvgIpc) is 2.14. The maximum absolute atomic E-state index is 4.83. The van der Waals surface area contributed by atoms with Crippen LogP contribution in [0.3, 0.4) is 0 Å². The van der Waals surface area contributed by atoms with Gasteiger partial charge in [0.2, 0.25) is 0 Å². The molecular formula is C5H7NOS. The van der Waals surface area contributed by atoms with Crippen molar-refractivity contribution in [2.45, 2.75) is 12.0 Å². The highest BCUT2D eigenvalue weighted by atomic mass is 32.2. The molecule has 0 aliphatic rings. The Balaban J connectivity index is 2.92. The second kappa shape index (κ2) is 2.22. The molecule has 0 amide bonds. The summed E-state index contributed by atoms with van der Waals surface area (Å²) in [6, 6.07) is 0. The molecule has 1 aromatic heterocycles. The summed E-state index contributed by atoms with van der Waals surface area (Å²) in [6.45, 7) is 1.97. The molecule has 0 atom stereocenters. The van der Waals surface area contributed by atoms with Crippen LogP contribution in [0.5, 0.6) is 0 Å². The first-order chi connectivity index (χ1) is 3.84. The Morgan fingerprint density at radius 2 is 2.50 bits per heavy atom. The molecule has 0 aliphatic carbocycles. The number of thioether (sulfide) groups is 1. The van der Waals surface area contributed by atoms with Gasteiger partial charge in [-0.25, -0.2) is 0 Å². The zero-order chi connectivity index (χ0) is 5.98. The van der Waals surface area contributed by atoms with E-state index in [1.54, 1.807) is 18.0 Å². The topological polar surface area (TPSA) is 26.0 Å². The number of hydrogen-bond donors (Lipinski definition) is 0. The molecule has 0 spiro atoms. The molecule has 0 saturated heterocycles. The minimum atomic E-state index is 0.907. The first-order valence-electron chi connectivity index (χ1n) is 2.30. The van der Waals surface area contributed by atoms with Gasteiger partial charge in [0.15, 0.2) is 5.09 Å². The van der Waals surface area contributed by atoms with Crippen LogP contribution in [0.15, 0.2) is 15.8 Å². The molecule has 0 aromatic carbocycles. The van der Waals surface area contributed by atoms with E-state index in [0.717, 1.165) is 10.7 Å². The van der Waals surface area contributed by atoms with Crippen molar-refractivity contribution in [2.24, 2.45) is 0 Å². The molecule has 8 heavy (non-hydrogen) atoms. The van der Waals surface area contributed by atoms with Gasteiger partial charge in [-0.15, -0.1) is 0 Å². The predicted octanol–water partition coefficient (Wildman–Crippen LogP) is 1.70. The first kappa shape index (κ1) is 5.69. The van der Waals surface area contributed by atoms with Gasteiger partial charge >= 0.3 is 0 Å². The third kappa shape index (κ3) is 0.865. The van der Waals surface area contributed by atoms with E-state index in [1.165, 1.54) is 0 Å². The standard InChI is InChI=1S/C5H7NOS/c1-4-3-6-7-5(4)8-2/h3H,1-2H3. The molecule has 0 bridgehead atoms. The SMILES string of the molecule is CSc1oncc1C. The van der Waals surface area contributed by atoms with E-state index in [4.69, 9.17) is 4.52 Å². The van der Waals surface area contributed by atoms with Crippen molar-refractivity contribution in [1.82, 2.24) is 5.16 Å². The van der Waals surface area contributed by atoms with Crippen LogP contribution in [0.2, 0.25) is 0 Å². The average molecular weight is 129 g/mol. The maximum atomic E-state index is 4.83. The second-order valence-electron chi connectivity index (χ2n) is 1.50. The summed E-state index contributed by atoms with van der Waals surface area (Å²) in [5.74, 6) is 0. The van der Waals surface area contributed by atoms with Crippen LogP contribution >= 0.6 is 11.8 Å². The van der Waals surface area contributed by atoms with Crippen molar-refractivity contribution in [3.8, 4) is 0 Å². The molecule has 2 nitrogen and oxygen atoms in total. The van der Waals surface area contributed by atoms with E-state index >= 15 is 0 Å². The zero-order valence-electron chi connectivity index (χ0n) is 4.84. The Labute approximate surface area is 52.2 Å². The predicted molar refractivity (Wildman–Crippen MR) is 33.0 cm³/mol. The van der Waals surface area contributed by atoms with E-state index in [-0.39, 0.29) is 0 Å².